The lowest BCUT2D eigenvalue weighted by Gasteiger charge is -2.16. The van der Waals surface area contributed by atoms with Gasteiger partial charge in [0.15, 0.2) is 16.6 Å². The highest BCUT2D eigenvalue weighted by Gasteiger charge is 2.37. The fraction of sp³-hybridized carbons (Fsp3) is 0.238. The number of phenols is 1. The number of likely N-dealkylation sites (N-methyl/N-ethyl adjacent to an activating group) is 1. The van der Waals surface area contributed by atoms with Crippen molar-refractivity contribution in [1.29, 1.82) is 0 Å². The lowest BCUT2D eigenvalue weighted by Crippen LogP contribution is -2.31. The minimum atomic E-state index is -0.279. The Labute approximate surface area is 183 Å². The third kappa shape index (κ3) is 4.23. The number of ether oxygens (including phenoxy) is 2. The molecule has 0 aliphatic carbocycles. The number of hydrogen-bond donors (Lipinski definition) is 1. The lowest BCUT2D eigenvalue weighted by atomic mass is 10.1. The lowest BCUT2D eigenvalue weighted by molar-refractivity contribution is -0.114. The molecule has 1 fully saturated rings. The molecule has 0 radical (unpaired) electrons. The van der Waals surface area contributed by atoms with Crippen LogP contribution >= 0.6 is 28.1 Å². The second kappa shape index (κ2) is 8.84. The third-order valence-corrected chi connectivity index (χ3v) is 5.24. The second-order valence-corrected chi connectivity index (χ2v) is 7.49. The standard InChI is InChI=1S/C21H21BrN2O4S/c1-4-27-16-8-6-15(7-9-16)24-20(26)17(23(3)21(24)29)11-13-10-14(22)12-18(19(13)25)28-5-2/h6-12,25H,4-5H2,1-3H3. The molecule has 2 aromatic carbocycles. The minimum Gasteiger partial charge on any atom is -0.504 e. The van der Waals surface area contributed by atoms with Gasteiger partial charge in [-0.3, -0.25) is 9.69 Å². The maximum absolute atomic E-state index is 13.1. The number of nitrogens with zero attached hydrogens (tertiary/aromatic N) is 2. The molecule has 1 heterocycles. The van der Waals surface area contributed by atoms with Gasteiger partial charge < -0.3 is 19.5 Å². The Bertz CT molecular complexity index is 975. The fourth-order valence-corrected chi connectivity index (χ4v) is 3.70. The molecule has 152 valence electrons. The van der Waals surface area contributed by atoms with Gasteiger partial charge in [0.25, 0.3) is 5.91 Å². The predicted molar refractivity (Wildman–Crippen MR) is 120 cm³/mol. The predicted octanol–water partition coefficient (Wildman–Crippen LogP) is 4.56. The zero-order chi connectivity index (χ0) is 21.1. The van der Waals surface area contributed by atoms with Gasteiger partial charge in [-0.2, -0.15) is 0 Å². The first kappa shape index (κ1) is 21.1. The largest absolute Gasteiger partial charge is 0.504 e. The van der Waals surface area contributed by atoms with Crippen molar-refractivity contribution >= 4 is 50.9 Å². The Balaban J connectivity index is 1.98. The van der Waals surface area contributed by atoms with Crippen LogP contribution in [0.3, 0.4) is 0 Å². The number of hydrogen-bond acceptors (Lipinski definition) is 5. The average molecular weight is 477 g/mol. The topological polar surface area (TPSA) is 62.2 Å². The monoisotopic (exact) mass is 476 g/mol. The summed E-state index contributed by atoms with van der Waals surface area (Å²) < 4.78 is 11.6. The van der Waals surface area contributed by atoms with Crippen molar-refractivity contribution in [3.8, 4) is 17.2 Å². The van der Waals surface area contributed by atoms with Gasteiger partial charge in [-0.05, 0) is 68.5 Å². The number of thiocarbonyl (C=S) groups is 1. The van der Waals surface area contributed by atoms with Crippen LogP contribution in [0.2, 0.25) is 0 Å². The highest BCUT2D eigenvalue weighted by atomic mass is 79.9. The summed E-state index contributed by atoms with van der Waals surface area (Å²) >= 11 is 8.90. The van der Waals surface area contributed by atoms with Crippen LogP contribution in [0.4, 0.5) is 5.69 Å². The highest BCUT2D eigenvalue weighted by molar-refractivity contribution is 9.10. The first-order chi connectivity index (χ1) is 13.9. The van der Waals surface area contributed by atoms with Gasteiger partial charge in [0.2, 0.25) is 0 Å². The Kier molecular flexibility index (Phi) is 6.44. The number of carbonyl (C=O) groups is 1. The van der Waals surface area contributed by atoms with Gasteiger partial charge in [0, 0.05) is 17.1 Å². The van der Waals surface area contributed by atoms with Crippen LogP contribution in [-0.2, 0) is 4.79 Å². The molecule has 1 aliphatic heterocycles. The van der Waals surface area contributed by atoms with Crippen LogP contribution in [0.15, 0.2) is 46.6 Å². The van der Waals surface area contributed by atoms with Crippen molar-refractivity contribution in [1.82, 2.24) is 4.90 Å². The van der Waals surface area contributed by atoms with E-state index in [-0.39, 0.29) is 11.7 Å². The fourth-order valence-electron chi connectivity index (χ4n) is 2.96. The number of phenolic OH excluding ortho intramolecular Hbond substituents is 1. The van der Waals surface area contributed by atoms with Gasteiger partial charge in [-0.15, -0.1) is 0 Å². The molecule has 8 heteroatoms. The summed E-state index contributed by atoms with van der Waals surface area (Å²) in [4.78, 5) is 16.2. The van der Waals surface area contributed by atoms with Crippen LogP contribution in [0.1, 0.15) is 19.4 Å². The summed E-state index contributed by atoms with van der Waals surface area (Å²) in [6.45, 7) is 4.72. The minimum absolute atomic E-state index is 0.0332. The molecule has 0 atom stereocenters. The maximum atomic E-state index is 13.1. The number of benzene rings is 2. The zero-order valence-corrected chi connectivity index (χ0v) is 18.7. The Morgan fingerprint density at radius 3 is 2.41 bits per heavy atom. The molecule has 29 heavy (non-hydrogen) atoms. The number of anilines is 1. The molecule has 0 bridgehead atoms. The second-order valence-electron chi connectivity index (χ2n) is 6.21. The van der Waals surface area contributed by atoms with Gasteiger partial charge in [0.05, 0.1) is 18.9 Å². The Hall–Kier alpha value is -2.58. The van der Waals surface area contributed by atoms with Gasteiger partial charge >= 0.3 is 0 Å². The van der Waals surface area contributed by atoms with Crippen LogP contribution in [0.25, 0.3) is 6.08 Å². The van der Waals surface area contributed by atoms with E-state index in [1.165, 1.54) is 4.90 Å². The summed E-state index contributed by atoms with van der Waals surface area (Å²) in [7, 11) is 1.72. The van der Waals surface area contributed by atoms with E-state index in [1.807, 2.05) is 13.8 Å². The van der Waals surface area contributed by atoms with Crippen LogP contribution < -0.4 is 14.4 Å². The average Bonchev–Trinajstić information content (AvgIpc) is 2.90. The summed E-state index contributed by atoms with van der Waals surface area (Å²) in [6.07, 6.45) is 1.60. The first-order valence-corrected chi connectivity index (χ1v) is 10.3. The van der Waals surface area contributed by atoms with Crippen LogP contribution in [-0.4, -0.2) is 41.3 Å². The molecule has 6 nitrogen and oxygen atoms in total. The molecule has 0 spiro atoms. The Morgan fingerprint density at radius 1 is 1.14 bits per heavy atom. The van der Waals surface area contributed by atoms with E-state index < -0.39 is 0 Å². The van der Waals surface area contributed by atoms with Gasteiger partial charge in [-0.1, -0.05) is 15.9 Å². The van der Waals surface area contributed by atoms with Crippen LogP contribution in [0, 0.1) is 0 Å². The number of halogens is 1. The van der Waals surface area contributed by atoms with E-state index in [1.54, 1.807) is 54.4 Å². The summed E-state index contributed by atoms with van der Waals surface area (Å²) in [5.74, 6) is 0.751. The van der Waals surface area contributed by atoms with Crippen molar-refractivity contribution in [2.24, 2.45) is 0 Å². The maximum Gasteiger partial charge on any atom is 0.281 e. The van der Waals surface area contributed by atoms with E-state index in [4.69, 9.17) is 21.7 Å². The van der Waals surface area contributed by atoms with E-state index >= 15 is 0 Å². The molecule has 1 aliphatic rings. The number of aromatic hydroxyl groups is 1. The first-order valence-electron chi connectivity index (χ1n) is 9.09. The molecule has 0 aromatic heterocycles. The van der Waals surface area contributed by atoms with Crippen molar-refractivity contribution < 1.29 is 19.4 Å². The van der Waals surface area contributed by atoms with E-state index in [2.05, 4.69) is 15.9 Å². The number of carbonyl (C=O) groups excluding carboxylic acids is 1. The molecular formula is C21H21BrN2O4S. The molecule has 2 aromatic rings. The van der Waals surface area contributed by atoms with E-state index in [0.717, 1.165) is 10.2 Å². The molecular weight excluding hydrogens is 456 g/mol. The summed E-state index contributed by atoms with van der Waals surface area (Å²) in [5, 5.41) is 10.9. The third-order valence-electron chi connectivity index (χ3n) is 4.33. The van der Waals surface area contributed by atoms with Crippen molar-refractivity contribution in [3.63, 3.8) is 0 Å². The number of rotatable bonds is 6. The summed E-state index contributed by atoms with van der Waals surface area (Å²) in [6, 6.07) is 10.6. The Morgan fingerprint density at radius 2 is 1.79 bits per heavy atom. The molecule has 1 saturated heterocycles. The summed E-state index contributed by atoms with van der Waals surface area (Å²) in [5.41, 5.74) is 1.45. The van der Waals surface area contributed by atoms with Crippen molar-refractivity contribution in [3.05, 3.63) is 52.1 Å². The van der Waals surface area contributed by atoms with Crippen LogP contribution in [0.5, 0.6) is 17.2 Å². The SMILES string of the molecule is CCOc1ccc(N2C(=O)C(=Cc3cc(Br)cc(OCC)c3O)N(C)C2=S)cc1. The molecule has 0 unspecified atom stereocenters. The van der Waals surface area contributed by atoms with Gasteiger partial charge in [-0.25, -0.2) is 0 Å². The molecule has 1 N–H and O–H groups in total. The number of amides is 1. The van der Waals surface area contributed by atoms with Gasteiger partial charge in [0.1, 0.15) is 11.4 Å². The van der Waals surface area contributed by atoms with E-state index in [9.17, 15) is 9.90 Å². The molecule has 1 amide bonds. The van der Waals surface area contributed by atoms with E-state index in [0.29, 0.717) is 41.0 Å². The zero-order valence-electron chi connectivity index (χ0n) is 16.3. The van der Waals surface area contributed by atoms with Crippen molar-refractivity contribution in [2.45, 2.75) is 13.8 Å². The van der Waals surface area contributed by atoms with Crippen molar-refractivity contribution in [2.75, 3.05) is 25.2 Å². The molecule has 3 rings (SSSR count). The molecule has 0 saturated carbocycles. The highest BCUT2D eigenvalue weighted by Crippen LogP contribution is 2.37. The normalized spacial score (nSPS) is 15.4. The quantitative estimate of drug-likeness (QED) is 0.487. The smallest absolute Gasteiger partial charge is 0.281 e.